The van der Waals surface area contributed by atoms with E-state index in [-0.39, 0.29) is 17.4 Å². The van der Waals surface area contributed by atoms with E-state index in [1.54, 1.807) is 37.4 Å². The van der Waals surface area contributed by atoms with E-state index in [2.05, 4.69) is 4.98 Å². The molecule has 3 aromatic rings. The minimum Gasteiger partial charge on any atom is -0.508 e. The highest BCUT2D eigenvalue weighted by Crippen LogP contribution is 2.31. The molecule has 0 aliphatic carbocycles. The molecule has 0 bridgehead atoms. The van der Waals surface area contributed by atoms with Gasteiger partial charge in [-0.15, -0.1) is 0 Å². The first-order valence-corrected chi connectivity index (χ1v) is 6.11. The van der Waals surface area contributed by atoms with Gasteiger partial charge in [0.2, 0.25) is 6.33 Å². The molecule has 1 heterocycles. The summed E-state index contributed by atoms with van der Waals surface area (Å²) in [6.07, 6.45) is 1.32. The lowest BCUT2D eigenvalue weighted by molar-refractivity contribution is -0.390. The van der Waals surface area contributed by atoms with Crippen LogP contribution in [0.15, 0.2) is 42.7 Å². The highest BCUT2D eigenvalue weighted by molar-refractivity contribution is 5.85. The van der Waals surface area contributed by atoms with Gasteiger partial charge < -0.3 is 20.0 Å². The van der Waals surface area contributed by atoms with Crippen molar-refractivity contribution < 1.29 is 14.8 Å². The number of benzene rings is 2. The second-order valence-electron chi connectivity index (χ2n) is 4.54. The fraction of sp³-hybridized carbons (Fsp3) is 0.0714. The second-order valence-corrected chi connectivity index (χ2v) is 4.54. The average molecular weight is 285 g/mol. The summed E-state index contributed by atoms with van der Waals surface area (Å²) < 4.78 is 7.00. The monoisotopic (exact) mass is 285 g/mol. The Bertz CT molecular complexity index is 841. The number of fused-ring (bicyclic) bond motifs is 1. The summed E-state index contributed by atoms with van der Waals surface area (Å²) in [4.78, 5) is 14.0. The summed E-state index contributed by atoms with van der Waals surface area (Å²) >= 11 is 0. The largest absolute Gasteiger partial charge is 0.508 e. The fourth-order valence-corrected chi connectivity index (χ4v) is 2.04. The van der Waals surface area contributed by atoms with Crippen molar-refractivity contribution in [1.82, 2.24) is 9.55 Å². The topological polar surface area (TPSA) is 90.4 Å². The Morgan fingerprint density at radius 2 is 2.00 bits per heavy atom. The third-order valence-electron chi connectivity index (χ3n) is 3.05. The minimum absolute atomic E-state index is 0.0551. The van der Waals surface area contributed by atoms with Crippen molar-refractivity contribution in [2.75, 3.05) is 0 Å². The molecule has 7 nitrogen and oxygen atoms in total. The molecule has 0 fully saturated rings. The van der Waals surface area contributed by atoms with Crippen LogP contribution >= 0.6 is 0 Å². The van der Waals surface area contributed by atoms with E-state index in [4.69, 9.17) is 4.74 Å². The Labute approximate surface area is 119 Å². The van der Waals surface area contributed by atoms with E-state index in [1.807, 2.05) is 6.07 Å². The van der Waals surface area contributed by atoms with Gasteiger partial charge in [0, 0.05) is 7.05 Å². The summed E-state index contributed by atoms with van der Waals surface area (Å²) in [5.41, 5.74) is 0. The normalized spacial score (nSPS) is 10.7. The number of hydrogen-bond acceptors (Lipinski definition) is 5. The summed E-state index contributed by atoms with van der Waals surface area (Å²) in [6.45, 7) is 0. The van der Waals surface area contributed by atoms with E-state index in [0.29, 0.717) is 5.75 Å². The van der Waals surface area contributed by atoms with Crippen LogP contribution < -0.4 is 4.74 Å². The van der Waals surface area contributed by atoms with Crippen LogP contribution in [-0.2, 0) is 7.05 Å². The number of aromatic hydroxyl groups is 1. The van der Waals surface area contributed by atoms with Crippen molar-refractivity contribution in [1.29, 1.82) is 0 Å². The van der Waals surface area contributed by atoms with Gasteiger partial charge in [-0.2, -0.15) is 0 Å². The molecule has 0 saturated carbocycles. The second kappa shape index (κ2) is 4.78. The number of aromatic nitrogens is 2. The molecule has 0 saturated heterocycles. The van der Waals surface area contributed by atoms with E-state index in [1.165, 1.54) is 10.9 Å². The molecule has 7 heteroatoms. The van der Waals surface area contributed by atoms with Gasteiger partial charge in [0.25, 0.3) is 0 Å². The van der Waals surface area contributed by atoms with Crippen LogP contribution in [0.1, 0.15) is 0 Å². The lowest BCUT2D eigenvalue weighted by Crippen LogP contribution is -1.96. The molecule has 0 aliphatic rings. The zero-order valence-corrected chi connectivity index (χ0v) is 11.1. The predicted octanol–water partition coefficient (Wildman–Crippen LogP) is 2.98. The zero-order valence-electron chi connectivity index (χ0n) is 11.1. The average Bonchev–Trinajstić information content (AvgIpc) is 2.80. The molecular formula is C14H11N3O4. The highest BCUT2D eigenvalue weighted by Gasteiger charge is 2.22. The maximum absolute atomic E-state index is 10.9. The smallest absolute Gasteiger partial charge is 0.427 e. The number of hydrogen-bond donors (Lipinski definition) is 1. The molecule has 3 rings (SSSR count). The molecule has 0 unspecified atom stereocenters. The zero-order chi connectivity index (χ0) is 15.0. The van der Waals surface area contributed by atoms with Crippen molar-refractivity contribution >= 4 is 16.6 Å². The lowest BCUT2D eigenvalue weighted by atomic mass is 10.1. The van der Waals surface area contributed by atoms with Gasteiger partial charge in [0.15, 0.2) is 0 Å². The summed E-state index contributed by atoms with van der Waals surface area (Å²) in [6, 6.07) is 10.2. The van der Waals surface area contributed by atoms with Crippen molar-refractivity contribution in [2.24, 2.45) is 7.05 Å². The van der Waals surface area contributed by atoms with Gasteiger partial charge in [-0.05, 0) is 44.9 Å². The Hall–Kier alpha value is -3.09. The maximum atomic E-state index is 10.9. The van der Waals surface area contributed by atoms with Crippen molar-refractivity contribution in [3.63, 3.8) is 0 Å². The molecule has 2 aromatic carbocycles. The Kier molecular flexibility index (Phi) is 2.94. The van der Waals surface area contributed by atoms with Crippen LogP contribution in [-0.4, -0.2) is 19.6 Å². The van der Waals surface area contributed by atoms with Gasteiger partial charge in [-0.1, -0.05) is 12.1 Å². The van der Waals surface area contributed by atoms with Crippen LogP contribution in [0.25, 0.3) is 10.8 Å². The van der Waals surface area contributed by atoms with E-state index < -0.39 is 4.92 Å². The minimum atomic E-state index is -0.595. The number of nitro groups is 1. The first-order chi connectivity index (χ1) is 10.0. The fourth-order valence-electron chi connectivity index (χ4n) is 2.04. The van der Waals surface area contributed by atoms with Crippen molar-refractivity contribution in [2.45, 2.75) is 0 Å². The number of aryl methyl sites for hydroxylation is 1. The van der Waals surface area contributed by atoms with Gasteiger partial charge in [0.1, 0.15) is 11.5 Å². The molecule has 0 spiro atoms. The van der Waals surface area contributed by atoms with Gasteiger partial charge in [0.05, 0.1) is 0 Å². The number of nitrogens with zero attached hydrogens (tertiary/aromatic N) is 3. The van der Waals surface area contributed by atoms with Crippen LogP contribution in [0.3, 0.4) is 0 Å². The molecular weight excluding hydrogens is 274 g/mol. The lowest BCUT2D eigenvalue weighted by Gasteiger charge is -2.07. The number of rotatable bonds is 3. The summed E-state index contributed by atoms with van der Waals surface area (Å²) in [5.74, 6) is 0.291. The third kappa shape index (κ3) is 2.36. The quantitative estimate of drug-likeness (QED) is 0.590. The third-order valence-corrected chi connectivity index (χ3v) is 3.05. The predicted molar refractivity (Wildman–Crippen MR) is 75.5 cm³/mol. The van der Waals surface area contributed by atoms with Crippen molar-refractivity contribution in [3.05, 3.63) is 52.8 Å². The van der Waals surface area contributed by atoms with E-state index in [9.17, 15) is 15.2 Å². The van der Waals surface area contributed by atoms with Crippen LogP contribution in [0.5, 0.6) is 17.4 Å². The molecule has 1 aromatic heterocycles. The van der Waals surface area contributed by atoms with Gasteiger partial charge in [-0.25, -0.2) is 0 Å². The first kappa shape index (κ1) is 12.9. The van der Waals surface area contributed by atoms with Crippen molar-refractivity contribution in [3.8, 4) is 17.4 Å². The van der Waals surface area contributed by atoms with E-state index in [0.717, 1.165) is 10.8 Å². The number of ether oxygens (including phenoxy) is 1. The highest BCUT2D eigenvalue weighted by atomic mass is 16.6. The Morgan fingerprint density at radius 3 is 2.76 bits per heavy atom. The van der Waals surface area contributed by atoms with Crippen LogP contribution in [0.4, 0.5) is 5.82 Å². The molecule has 0 atom stereocenters. The Balaban J connectivity index is 2.02. The van der Waals surface area contributed by atoms with Gasteiger partial charge >= 0.3 is 11.7 Å². The molecule has 0 amide bonds. The molecule has 21 heavy (non-hydrogen) atoms. The molecule has 106 valence electrons. The van der Waals surface area contributed by atoms with Crippen LogP contribution in [0, 0.1) is 10.1 Å². The summed E-state index contributed by atoms with van der Waals surface area (Å²) in [5, 5.41) is 22.1. The maximum Gasteiger partial charge on any atom is 0.427 e. The van der Waals surface area contributed by atoms with Crippen LogP contribution in [0.2, 0.25) is 0 Å². The Morgan fingerprint density at radius 1 is 1.24 bits per heavy atom. The molecule has 0 radical (unpaired) electrons. The SMILES string of the molecule is Cn1cnc([N+](=O)[O-])c1Oc1ccc2ccc(O)cc2c1. The van der Waals surface area contributed by atoms with Gasteiger partial charge in [-0.3, -0.25) is 4.57 Å². The standard InChI is InChI=1S/C14H11N3O4/c1-16-8-15-13(17(19)20)14(16)21-12-5-3-9-2-4-11(18)6-10(9)7-12/h2-8,18H,1H3. The number of phenols is 1. The number of imidazole rings is 1. The number of phenolic OH excluding ortho intramolecular Hbond substituents is 1. The summed E-state index contributed by atoms with van der Waals surface area (Å²) in [7, 11) is 1.61. The van der Waals surface area contributed by atoms with E-state index >= 15 is 0 Å². The molecule has 1 N–H and O–H groups in total. The first-order valence-electron chi connectivity index (χ1n) is 6.11. The molecule has 0 aliphatic heterocycles.